The van der Waals surface area contributed by atoms with E-state index in [0.29, 0.717) is 13.2 Å². The van der Waals surface area contributed by atoms with Crippen LogP contribution in [0.1, 0.15) is 11.3 Å². The molecule has 2 rings (SSSR count). The fourth-order valence-corrected chi connectivity index (χ4v) is 1.31. The van der Waals surface area contributed by atoms with Crippen molar-refractivity contribution in [2.75, 3.05) is 6.61 Å². The largest absolute Gasteiger partial charge is 0.373 e. The summed E-state index contributed by atoms with van der Waals surface area (Å²) >= 11 is 0. The third-order valence-corrected chi connectivity index (χ3v) is 2.03. The van der Waals surface area contributed by atoms with E-state index in [2.05, 4.69) is 5.10 Å². The summed E-state index contributed by atoms with van der Waals surface area (Å²) in [4.78, 5) is 11.1. The van der Waals surface area contributed by atoms with Crippen molar-refractivity contribution in [2.24, 2.45) is 0 Å². The van der Waals surface area contributed by atoms with Crippen molar-refractivity contribution >= 4 is 0 Å². The van der Waals surface area contributed by atoms with Crippen LogP contribution in [0.4, 0.5) is 0 Å². The van der Waals surface area contributed by atoms with Gasteiger partial charge in [-0.1, -0.05) is 0 Å². The van der Waals surface area contributed by atoms with Gasteiger partial charge in [-0.25, -0.2) is 0 Å². The number of aromatic nitrogens is 2. The van der Waals surface area contributed by atoms with Crippen LogP contribution >= 0.6 is 0 Å². The van der Waals surface area contributed by atoms with E-state index in [4.69, 9.17) is 4.74 Å². The van der Waals surface area contributed by atoms with Gasteiger partial charge in [0.25, 0.3) is 5.56 Å². The first-order chi connectivity index (χ1) is 5.29. The van der Waals surface area contributed by atoms with E-state index in [1.807, 2.05) is 11.6 Å². The number of H-pyrrole nitrogens is 1. The minimum absolute atomic E-state index is 0.00509. The molecule has 2 heterocycles. The van der Waals surface area contributed by atoms with E-state index >= 15 is 0 Å². The maximum Gasteiger partial charge on any atom is 0.267 e. The van der Waals surface area contributed by atoms with Crippen LogP contribution in [0.3, 0.4) is 0 Å². The highest BCUT2D eigenvalue weighted by Crippen LogP contribution is 2.08. The molecule has 0 unspecified atom stereocenters. The van der Waals surface area contributed by atoms with Crippen molar-refractivity contribution in [1.82, 2.24) is 9.78 Å². The predicted molar refractivity (Wildman–Crippen MR) is 39.4 cm³/mol. The molecule has 1 aromatic heterocycles. The molecule has 1 aliphatic heterocycles. The van der Waals surface area contributed by atoms with Gasteiger partial charge in [0.2, 0.25) is 0 Å². The summed E-state index contributed by atoms with van der Waals surface area (Å²) in [6.45, 7) is 3.83. The quantitative estimate of drug-likeness (QED) is 0.572. The number of fused-ring (bicyclic) bond motifs is 1. The van der Waals surface area contributed by atoms with Crippen LogP contribution in [0.2, 0.25) is 0 Å². The fourth-order valence-electron chi connectivity index (χ4n) is 1.31. The molecule has 1 aliphatic rings. The van der Waals surface area contributed by atoms with Gasteiger partial charge in [0.15, 0.2) is 0 Å². The van der Waals surface area contributed by atoms with Gasteiger partial charge in [-0.3, -0.25) is 14.6 Å². The zero-order chi connectivity index (χ0) is 7.84. The zero-order valence-electron chi connectivity index (χ0n) is 6.39. The molecule has 0 bridgehead atoms. The van der Waals surface area contributed by atoms with Gasteiger partial charge in [-0.2, -0.15) is 0 Å². The van der Waals surface area contributed by atoms with E-state index in [0.717, 1.165) is 17.8 Å². The summed E-state index contributed by atoms with van der Waals surface area (Å²) in [7, 11) is 0. The van der Waals surface area contributed by atoms with Gasteiger partial charge in [-0.15, -0.1) is 0 Å². The number of nitrogens with one attached hydrogen (secondary N) is 1. The third kappa shape index (κ3) is 0.903. The summed E-state index contributed by atoms with van der Waals surface area (Å²) < 4.78 is 7.07. The average molecular weight is 154 g/mol. The minimum atomic E-state index is 0.00509. The van der Waals surface area contributed by atoms with Crippen LogP contribution in [0.5, 0.6) is 0 Å². The van der Waals surface area contributed by atoms with Gasteiger partial charge in [0.1, 0.15) is 0 Å². The molecule has 60 valence electrons. The first-order valence-electron chi connectivity index (χ1n) is 3.65. The second kappa shape index (κ2) is 2.23. The van der Waals surface area contributed by atoms with Crippen LogP contribution < -0.4 is 5.56 Å². The van der Waals surface area contributed by atoms with Crippen molar-refractivity contribution in [2.45, 2.75) is 20.1 Å². The molecule has 0 spiro atoms. The minimum Gasteiger partial charge on any atom is -0.373 e. The molecule has 0 aliphatic carbocycles. The highest BCUT2D eigenvalue weighted by molar-refractivity contribution is 5.15. The summed E-state index contributed by atoms with van der Waals surface area (Å²) in [5, 5.41) is 2.75. The molecule has 1 N–H and O–H groups in total. The molecule has 0 atom stereocenters. The Kier molecular flexibility index (Phi) is 1.35. The maximum atomic E-state index is 11.1. The Morgan fingerprint density at radius 1 is 1.64 bits per heavy atom. The molecular formula is C7H10N2O2. The van der Waals surface area contributed by atoms with Crippen molar-refractivity contribution < 1.29 is 4.74 Å². The van der Waals surface area contributed by atoms with Crippen molar-refractivity contribution in [3.8, 4) is 0 Å². The molecule has 0 radical (unpaired) electrons. The molecular weight excluding hydrogens is 144 g/mol. The van der Waals surface area contributed by atoms with E-state index < -0.39 is 0 Å². The Bertz CT molecular complexity index is 324. The molecule has 0 fully saturated rings. The van der Waals surface area contributed by atoms with Crippen molar-refractivity contribution in [3.05, 3.63) is 21.6 Å². The second-order valence-corrected chi connectivity index (χ2v) is 2.72. The summed E-state index contributed by atoms with van der Waals surface area (Å²) in [5.41, 5.74) is 1.77. The Morgan fingerprint density at radius 2 is 2.45 bits per heavy atom. The van der Waals surface area contributed by atoms with Gasteiger partial charge >= 0.3 is 0 Å². The molecule has 0 saturated heterocycles. The van der Waals surface area contributed by atoms with Crippen LogP contribution in [-0.4, -0.2) is 16.4 Å². The van der Waals surface area contributed by atoms with Gasteiger partial charge in [0.05, 0.1) is 25.5 Å². The number of rotatable bonds is 0. The highest BCUT2D eigenvalue weighted by atomic mass is 16.5. The van der Waals surface area contributed by atoms with E-state index in [-0.39, 0.29) is 5.56 Å². The van der Waals surface area contributed by atoms with Crippen molar-refractivity contribution in [3.63, 3.8) is 0 Å². The number of nitrogens with zero attached hydrogens (tertiary/aromatic N) is 1. The lowest BCUT2D eigenvalue weighted by molar-refractivity contribution is 0.0795. The van der Waals surface area contributed by atoms with Crippen LogP contribution in [0.15, 0.2) is 4.79 Å². The average Bonchev–Trinajstić information content (AvgIpc) is 2.30. The summed E-state index contributed by atoms with van der Waals surface area (Å²) in [5.74, 6) is 0. The van der Waals surface area contributed by atoms with Crippen LogP contribution in [-0.2, 0) is 17.9 Å². The standard InChI is InChI=1S/C7H10N2O2/c1-5-6-4-11-3-2-9(6)8-7(5)10/h2-4H2,1H3,(H,8,10). The first-order valence-corrected chi connectivity index (χ1v) is 3.65. The summed E-state index contributed by atoms with van der Waals surface area (Å²) in [6.07, 6.45) is 0. The Morgan fingerprint density at radius 3 is 3.18 bits per heavy atom. The first kappa shape index (κ1) is 6.67. The molecule has 0 amide bonds. The molecule has 11 heavy (non-hydrogen) atoms. The van der Waals surface area contributed by atoms with Crippen LogP contribution in [0, 0.1) is 6.92 Å². The molecule has 4 heteroatoms. The number of aromatic amines is 1. The second-order valence-electron chi connectivity index (χ2n) is 2.72. The van der Waals surface area contributed by atoms with Gasteiger partial charge in [0, 0.05) is 5.56 Å². The molecule has 0 saturated carbocycles. The topological polar surface area (TPSA) is 47.0 Å². The number of hydrogen-bond acceptors (Lipinski definition) is 2. The Balaban J connectivity index is 2.59. The SMILES string of the molecule is Cc1c2n([nH]c1=O)CCOC2. The smallest absolute Gasteiger partial charge is 0.267 e. The normalized spacial score (nSPS) is 16.5. The lowest BCUT2D eigenvalue weighted by Crippen LogP contribution is -2.17. The highest BCUT2D eigenvalue weighted by Gasteiger charge is 2.13. The lowest BCUT2D eigenvalue weighted by Gasteiger charge is -2.14. The monoisotopic (exact) mass is 154 g/mol. The predicted octanol–water partition coefficient (Wildman–Crippen LogP) is 0.0150. The fraction of sp³-hybridized carbons (Fsp3) is 0.571. The third-order valence-electron chi connectivity index (χ3n) is 2.03. The lowest BCUT2D eigenvalue weighted by atomic mass is 10.3. The van der Waals surface area contributed by atoms with Gasteiger partial charge < -0.3 is 4.74 Å². The van der Waals surface area contributed by atoms with E-state index in [9.17, 15) is 4.79 Å². The Hall–Kier alpha value is -1.03. The van der Waals surface area contributed by atoms with E-state index in [1.54, 1.807) is 0 Å². The van der Waals surface area contributed by atoms with Gasteiger partial charge in [-0.05, 0) is 6.92 Å². The molecule has 0 aromatic carbocycles. The molecule has 1 aromatic rings. The van der Waals surface area contributed by atoms with Crippen LogP contribution in [0.25, 0.3) is 0 Å². The van der Waals surface area contributed by atoms with Crippen molar-refractivity contribution in [1.29, 1.82) is 0 Å². The maximum absolute atomic E-state index is 11.1. The van der Waals surface area contributed by atoms with E-state index in [1.165, 1.54) is 0 Å². The molecule has 4 nitrogen and oxygen atoms in total. The number of ether oxygens (including phenoxy) is 1. The zero-order valence-corrected chi connectivity index (χ0v) is 6.39. The number of hydrogen-bond donors (Lipinski definition) is 1. The summed E-state index contributed by atoms with van der Waals surface area (Å²) in [6, 6.07) is 0. The Labute approximate surface area is 63.8 Å².